The minimum Gasteiger partial charge on any atom is -0.508 e. The quantitative estimate of drug-likeness (QED) is 0.554. The van der Waals surface area contributed by atoms with E-state index in [1.54, 1.807) is 24.3 Å². The van der Waals surface area contributed by atoms with Gasteiger partial charge in [-0.05, 0) is 60.7 Å². The van der Waals surface area contributed by atoms with E-state index < -0.39 is 0 Å². The number of carbonyl (C=O) groups excluding carboxylic acids is 1. The zero-order chi connectivity index (χ0) is 16.8. The molecule has 0 saturated carbocycles. The highest BCUT2D eigenvalue weighted by molar-refractivity contribution is 6.04. The summed E-state index contributed by atoms with van der Waals surface area (Å²) < 4.78 is 0. The van der Waals surface area contributed by atoms with Crippen LogP contribution in [0.25, 0.3) is 0 Å². The molecule has 0 atom stereocenters. The van der Waals surface area contributed by atoms with Crippen molar-refractivity contribution in [1.82, 2.24) is 0 Å². The highest BCUT2D eigenvalue weighted by atomic mass is 16.3. The smallest absolute Gasteiger partial charge is 0.255 e. The molecule has 3 aromatic carbocycles. The van der Waals surface area contributed by atoms with Gasteiger partial charge in [-0.3, -0.25) is 4.79 Å². The van der Waals surface area contributed by atoms with Crippen molar-refractivity contribution >= 4 is 11.6 Å². The van der Waals surface area contributed by atoms with E-state index in [-0.39, 0.29) is 11.7 Å². The molecule has 0 spiro atoms. The van der Waals surface area contributed by atoms with Gasteiger partial charge >= 0.3 is 0 Å². The van der Waals surface area contributed by atoms with Crippen molar-refractivity contribution in [1.29, 1.82) is 0 Å². The van der Waals surface area contributed by atoms with Gasteiger partial charge in [-0.1, -0.05) is 30.0 Å². The van der Waals surface area contributed by atoms with Gasteiger partial charge < -0.3 is 10.4 Å². The van der Waals surface area contributed by atoms with Crippen molar-refractivity contribution < 1.29 is 9.90 Å². The molecule has 1 amide bonds. The van der Waals surface area contributed by atoms with Crippen molar-refractivity contribution in [3.8, 4) is 17.6 Å². The van der Waals surface area contributed by atoms with Crippen LogP contribution in [-0.2, 0) is 0 Å². The number of phenolic OH excluding ortho intramolecular Hbond substituents is 1. The third-order valence-corrected chi connectivity index (χ3v) is 3.40. The standard InChI is InChI=1S/C21H15NO2/c23-20-14-12-19(13-15-20)22-21(24)18-10-8-17(9-11-18)7-6-16-4-2-1-3-5-16/h1-5,8-15,23H,(H,22,24). The van der Waals surface area contributed by atoms with Gasteiger partial charge in [0.15, 0.2) is 0 Å². The number of rotatable bonds is 2. The summed E-state index contributed by atoms with van der Waals surface area (Å²) in [5, 5.41) is 12.0. The van der Waals surface area contributed by atoms with Gasteiger partial charge in [0, 0.05) is 22.4 Å². The maximum absolute atomic E-state index is 12.2. The maximum Gasteiger partial charge on any atom is 0.255 e. The minimum atomic E-state index is -0.205. The first-order valence-corrected chi connectivity index (χ1v) is 7.48. The third-order valence-electron chi connectivity index (χ3n) is 3.40. The maximum atomic E-state index is 12.2. The fraction of sp³-hybridized carbons (Fsp3) is 0. The van der Waals surface area contributed by atoms with Gasteiger partial charge in [0.05, 0.1) is 0 Å². The van der Waals surface area contributed by atoms with Gasteiger partial charge in [0.2, 0.25) is 0 Å². The van der Waals surface area contributed by atoms with Gasteiger partial charge in [-0.2, -0.15) is 0 Å². The Labute approximate surface area is 140 Å². The molecule has 116 valence electrons. The molecule has 0 saturated heterocycles. The predicted octanol–water partition coefficient (Wildman–Crippen LogP) is 4.04. The fourth-order valence-electron chi connectivity index (χ4n) is 2.12. The molecule has 2 N–H and O–H groups in total. The van der Waals surface area contributed by atoms with Crippen LogP contribution in [0.15, 0.2) is 78.9 Å². The Kier molecular flexibility index (Phi) is 4.60. The van der Waals surface area contributed by atoms with Crippen LogP contribution < -0.4 is 5.32 Å². The second kappa shape index (κ2) is 7.17. The lowest BCUT2D eigenvalue weighted by atomic mass is 10.1. The Morgan fingerprint density at radius 2 is 1.33 bits per heavy atom. The molecule has 0 fully saturated rings. The average Bonchev–Trinajstić information content (AvgIpc) is 2.63. The molecule has 24 heavy (non-hydrogen) atoms. The van der Waals surface area contributed by atoms with E-state index in [0.29, 0.717) is 11.3 Å². The second-order valence-corrected chi connectivity index (χ2v) is 5.19. The lowest BCUT2D eigenvalue weighted by molar-refractivity contribution is 0.102. The molecule has 0 heterocycles. The summed E-state index contributed by atoms with van der Waals surface area (Å²) in [6, 6.07) is 23.2. The fourth-order valence-corrected chi connectivity index (χ4v) is 2.12. The molecule has 0 bridgehead atoms. The number of hydrogen-bond donors (Lipinski definition) is 2. The summed E-state index contributed by atoms with van der Waals surface area (Å²) in [7, 11) is 0. The van der Waals surface area contributed by atoms with Gasteiger partial charge in [-0.25, -0.2) is 0 Å². The topological polar surface area (TPSA) is 49.3 Å². The van der Waals surface area contributed by atoms with Crippen molar-refractivity contribution in [2.45, 2.75) is 0 Å². The van der Waals surface area contributed by atoms with E-state index in [2.05, 4.69) is 17.2 Å². The molecule has 0 aliphatic carbocycles. The number of amides is 1. The van der Waals surface area contributed by atoms with Crippen LogP contribution >= 0.6 is 0 Å². The molecular weight excluding hydrogens is 298 g/mol. The van der Waals surface area contributed by atoms with Crippen molar-refractivity contribution in [3.05, 3.63) is 95.6 Å². The molecule has 0 aliphatic heterocycles. The molecule has 3 nitrogen and oxygen atoms in total. The van der Waals surface area contributed by atoms with Crippen LogP contribution in [0.5, 0.6) is 5.75 Å². The summed E-state index contributed by atoms with van der Waals surface area (Å²) in [6.07, 6.45) is 0. The Bertz CT molecular complexity index is 887. The van der Waals surface area contributed by atoms with E-state index >= 15 is 0 Å². The number of nitrogens with one attached hydrogen (secondary N) is 1. The first-order chi connectivity index (χ1) is 11.7. The van der Waals surface area contributed by atoms with Crippen LogP contribution in [0.4, 0.5) is 5.69 Å². The summed E-state index contributed by atoms with van der Waals surface area (Å²) in [4.78, 5) is 12.2. The lowest BCUT2D eigenvalue weighted by Gasteiger charge is -2.05. The van der Waals surface area contributed by atoms with Gasteiger partial charge in [0.25, 0.3) is 5.91 Å². The number of hydrogen-bond acceptors (Lipinski definition) is 2. The second-order valence-electron chi connectivity index (χ2n) is 5.19. The molecule has 0 aromatic heterocycles. The lowest BCUT2D eigenvalue weighted by Crippen LogP contribution is -2.11. The minimum absolute atomic E-state index is 0.161. The summed E-state index contributed by atoms with van der Waals surface area (Å²) in [5.74, 6) is 6.11. The largest absolute Gasteiger partial charge is 0.508 e. The number of aromatic hydroxyl groups is 1. The molecule has 3 heteroatoms. The Morgan fingerprint density at radius 1 is 0.750 bits per heavy atom. The molecule has 3 rings (SSSR count). The monoisotopic (exact) mass is 313 g/mol. The van der Waals surface area contributed by atoms with E-state index in [1.807, 2.05) is 42.5 Å². The Balaban J connectivity index is 1.69. The summed E-state index contributed by atoms with van der Waals surface area (Å²) >= 11 is 0. The van der Waals surface area contributed by atoms with Gasteiger partial charge in [-0.15, -0.1) is 0 Å². The zero-order valence-electron chi connectivity index (χ0n) is 12.9. The van der Waals surface area contributed by atoms with Gasteiger partial charge in [0.1, 0.15) is 5.75 Å². The SMILES string of the molecule is O=C(Nc1ccc(O)cc1)c1ccc(C#Cc2ccccc2)cc1. The van der Waals surface area contributed by atoms with E-state index in [0.717, 1.165) is 11.1 Å². The average molecular weight is 313 g/mol. The van der Waals surface area contributed by atoms with Crippen molar-refractivity contribution in [2.24, 2.45) is 0 Å². The molecule has 3 aromatic rings. The zero-order valence-corrected chi connectivity index (χ0v) is 12.9. The van der Waals surface area contributed by atoms with E-state index in [1.165, 1.54) is 12.1 Å². The Morgan fingerprint density at radius 3 is 1.96 bits per heavy atom. The molecule has 0 radical (unpaired) electrons. The summed E-state index contributed by atoms with van der Waals surface area (Å²) in [6.45, 7) is 0. The number of benzene rings is 3. The Hall–Kier alpha value is -3.51. The van der Waals surface area contributed by atoms with Crippen LogP contribution in [0, 0.1) is 11.8 Å². The van der Waals surface area contributed by atoms with E-state index in [4.69, 9.17) is 0 Å². The van der Waals surface area contributed by atoms with Crippen molar-refractivity contribution in [3.63, 3.8) is 0 Å². The third kappa shape index (κ3) is 4.02. The van der Waals surface area contributed by atoms with Crippen molar-refractivity contribution in [2.75, 3.05) is 5.32 Å². The van der Waals surface area contributed by atoms with Crippen LogP contribution in [0.3, 0.4) is 0 Å². The van der Waals surface area contributed by atoms with Crippen LogP contribution in [0.1, 0.15) is 21.5 Å². The van der Waals surface area contributed by atoms with Crippen LogP contribution in [0.2, 0.25) is 0 Å². The number of anilines is 1. The molecular formula is C21H15NO2. The molecule has 0 aliphatic rings. The number of carbonyl (C=O) groups is 1. The summed E-state index contributed by atoms with van der Waals surface area (Å²) in [5.41, 5.74) is 2.98. The number of phenols is 1. The predicted molar refractivity (Wildman–Crippen MR) is 94.9 cm³/mol. The first kappa shape index (κ1) is 15.4. The highest BCUT2D eigenvalue weighted by Gasteiger charge is 2.05. The first-order valence-electron chi connectivity index (χ1n) is 7.48. The highest BCUT2D eigenvalue weighted by Crippen LogP contribution is 2.15. The van der Waals surface area contributed by atoms with E-state index in [9.17, 15) is 9.90 Å². The normalized spacial score (nSPS) is 9.67. The molecule has 0 unspecified atom stereocenters. The van der Waals surface area contributed by atoms with Crippen LogP contribution in [-0.4, -0.2) is 11.0 Å².